The molecule has 0 aliphatic heterocycles. The molecule has 1 aliphatic rings. The van der Waals surface area contributed by atoms with Crippen LogP contribution < -0.4 is 16.4 Å². The molecule has 0 saturated heterocycles. The molecule has 4 aromatic rings. The summed E-state index contributed by atoms with van der Waals surface area (Å²) in [5.41, 5.74) is 10.7. The molecular weight excluding hydrogens is 490 g/mol. The number of anilines is 1. The molecule has 0 spiro atoms. The lowest BCUT2D eigenvalue weighted by Crippen LogP contribution is -2.29. The van der Waals surface area contributed by atoms with Gasteiger partial charge in [-0.05, 0) is 67.3 Å². The van der Waals surface area contributed by atoms with E-state index in [1.54, 1.807) is 24.7 Å². The number of aliphatic hydroxyl groups excluding tert-OH is 1. The Morgan fingerprint density at radius 1 is 1.00 bits per heavy atom. The molecule has 5 rings (SSSR count). The number of amides is 2. The molecule has 0 radical (unpaired) electrons. The van der Waals surface area contributed by atoms with Gasteiger partial charge >= 0.3 is 0 Å². The summed E-state index contributed by atoms with van der Waals surface area (Å²) in [6.45, 7) is 2.62. The van der Waals surface area contributed by atoms with Crippen LogP contribution in [0, 0.1) is 0 Å². The van der Waals surface area contributed by atoms with Crippen LogP contribution in [0.4, 0.5) is 5.69 Å². The number of carbonyl (C=O) groups excluding carboxylic acids is 2. The van der Waals surface area contributed by atoms with Crippen LogP contribution in [0.25, 0.3) is 33.2 Å². The molecule has 1 aliphatic carbocycles. The highest BCUT2D eigenvalue weighted by Crippen LogP contribution is 2.35. The van der Waals surface area contributed by atoms with E-state index in [0.29, 0.717) is 23.4 Å². The van der Waals surface area contributed by atoms with Gasteiger partial charge in [-0.2, -0.15) is 0 Å². The van der Waals surface area contributed by atoms with Crippen molar-refractivity contribution >= 4 is 28.3 Å². The van der Waals surface area contributed by atoms with Crippen LogP contribution in [0.3, 0.4) is 0 Å². The van der Waals surface area contributed by atoms with Crippen molar-refractivity contribution in [2.24, 2.45) is 5.73 Å². The van der Waals surface area contributed by atoms with Crippen molar-refractivity contribution in [2.75, 3.05) is 11.9 Å². The fourth-order valence-corrected chi connectivity index (χ4v) is 5.21. The van der Waals surface area contributed by atoms with Gasteiger partial charge in [-0.25, -0.2) is 0 Å². The summed E-state index contributed by atoms with van der Waals surface area (Å²) in [4.78, 5) is 33.8. The summed E-state index contributed by atoms with van der Waals surface area (Å²) in [5.74, 6) is -0.640. The van der Waals surface area contributed by atoms with Crippen LogP contribution in [0.5, 0.6) is 0 Å². The zero-order chi connectivity index (χ0) is 27.4. The smallest absolute Gasteiger partial charge is 0.252 e. The predicted octanol–water partition coefficient (Wildman–Crippen LogP) is 4.92. The van der Waals surface area contributed by atoms with Gasteiger partial charge in [0.1, 0.15) is 0 Å². The highest BCUT2D eigenvalue weighted by Gasteiger charge is 2.21. The maximum atomic E-state index is 12.5. The zero-order valence-corrected chi connectivity index (χ0v) is 22.0. The molecule has 2 amide bonds. The number of nitrogens with one attached hydrogen (secondary N) is 2. The van der Waals surface area contributed by atoms with Gasteiger partial charge in [0.25, 0.3) is 11.8 Å². The number of rotatable bonds is 8. The summed E-state index contributed by atoms with van der Waals surface area (Å²) in [5, 5.41) is 18.2. The van der Waals surface area contributed by atoms with E-state index in [4.69, 9.17) is 10.7 Å². The minimum atomic E-state index is -0.497. The molecule has 200 valence electrons. The van der Waals surface area contributed by atoms with Crippen LogP contribution in [0.2, 0.25) is 0 Å². The average Bonchev–Trinajstić information content (AvgIpc) is 2.96. The van der Waals surface area contributed by atoms with E-state index in [2.05, 4.69) is 15.6 Å². The Morgan fingerprint density at radius 2 is 1.82 bits per heavy atom. The van der Waals surface area contributed by atoms with Gasteiger partial charge in [0.2, 0.25) is 0 Å². The van der Waals surface area contributed by atoms with E-state index in [9.17, 15) is 14.7 Å². The molecule has 5 N–H and O–H groups in total. The minimum absolute atomic E-state index is 0.143. The third kappa shape index (κ3) is 5.76. The number of pyridine rings is 2. The van der Waals surface area contributed by atoms with Gasteiger partial charge in [0, 0.05) is 53.4 Å². The number of hydrogen-bond acceptors (Lipinski definition) is 6. The van der Waals surface area contributed by atoms with Gasteiger partial charge in [-0.15, -0.1) is 0 Å². The first kappa shape index (κ1) is 26.3. The van der Waals surface area contributed by atoms with Gasteiger partial charge in [0.15, 0.2) is 0 Å². The molecule has 1 fully saturated rings. The lowest BCUT2D eigenvalue weighted by Gasteiger charge is -2.28. The molecule has 2 aromatic heterocycles. The largest absolute Gasteiger partial charge is 0.393 e. The standard InChI is InChI=1S/C31H33N5O3/c1-2-13-35-31(39)21-15-20(17-33-18-21)24-4-3-5-26-25(24)12-14-34-29(26)19-6-11-27(30(32)38)28(16-19)36-22-7-9-23(37)10-8-22/h3-6,11-12,14-18,22-23,36-37H,2,7-10,13H2,1H3,(H2,32,38)(H,35,39). The summed E-state index contributed by atoms with van der Waals surface area (Å²) < 4.78 is 0. The number of hydrogen-bond donors (Lipinski definition) is 4. The molecule has 0 bridgehead atoms. The van der Waals surface area contributed by atoms with Crippen LogP contribution in [-0.2, 0) is 0 Å². The predicted molar refractivity (Wildman–Crippen MR) is 153 cm³/mol. The molecule has 39 heavy (non-hydrogen) atoms. The fourth-order valence-electron chi connectivity index (χ4n) is 5.21. The van der Waals surface area contributed by atoms with Crippen molar-refractivity contribution in [3.8, 4) is 22.4 Å². The fraction of sp³-hybridized carbons (Fsp3) is 0.290. The van der Waals surface area contributed by atoms with Crippen LogP contribution in [0.15, 0.2) is 67.1 Å². The third-order valence-electron chi connectivity index (χ3n) is 7.27. The topological polar surface area (TPSA) is 130 Å². The highest BCUT2D eigenvalue weighted by molar-refractivity contribution is 6.05. The Kier molecular flexibility index (Phi) is 7.84. The number of nitrogens with two attached hydrogens (primary N) is 1. The maximum absolute atomic E-state index is 12.5. The first-order chi connectivity index (χ1) is 18.9. The number of aromatic nitrogens is 2. The Hall–Kier alpha value is -4.30. The number of aliphatic hydroxyl groups is 1. The van der Waals surface area contributed by atoms with E-state index in [-0.39, 0.29) is 18.1 Å². The number of benzene rings is 2. The van der Waals surface area contributed by atoms with E-state index in [0.717, 1.165) is 65.3 Å². The zero-order valence-electron chi connectivity index (χ0n) is 22.0. The Morgan fingerprint density at radius 3 is 2.59 bits per heavy atom. The second-order valence-corrected chi connectivity index (χ2v) is 10.1. The SMILES string of the molecule is CCCNC(=O)c1cncc(-c2cccc3c(-c4ccc(C(N)=O)c(NC5CCC(O)CC5)c4)nccc23)c1. The molecule has 1 saturated carbocycles. The molecule has 0 atom stereocenters. The highest BCUT2D eigenvalue weighted by atomic mass is 16.3. The van der Waals surface area contributed by atoms with Crippen LogP contribution in [0.1, 0.15) is 59.7 Å². The van der Waals surface area contributed by atoms with Crippen molar-refractivity contribution in [1.82, 2.24) is 15.3 Å². The Bertz CT molecular complexity index is 1510. The van der Waals surface area contributed by atoms with Gasteiger partial charge in [-0.1, -0.05) is 31.2 Å². The van der Waals surface area contributed by atoms with Crippen molar-refractivity contribution < 1.29 is 14.7 Å². The monoisotopic (exact) mass is 523 g/mol. The number of nitrogens with zero attached hydrogens (tertiary/aromatic N) is 2. The molecule has 8 nitrogen and oxygen atoms in total. The second kappa shape index (κ2) is 11.6. The van der Waals surface area contributed by atoms with Crippen molar-refractivity contribution in [3.05, 3.63) is 78.2 Å². The lowest BCUT2D eigenvalue weighted by molar-refractivity contribution is 0.0952. The molecular formula is C31H33N5O3. The Balaban J connectivity index is 1.53. The normalized spacial score (nSPS) is 17.1. The second-order valence-electron chi connectivity index (χ2n) is 10.1. The van der Waals surface area contributed by atoms with E-state index < -0.39 is 5.91 Å². The van der Waals surface area contributed by atoms with E-state index >= 15 is 0 Å². The third-order valence-corrected chi connectivity index (χ3v) is 7.27. The van der Waals surface area contributed by atoms with Crippen molar-refractivity contribution in [1.29, 1.82) is 0 Å². The summed E-state index contributed by atoms with van der Waals surface area (Å²) in [6.07, 6.45) is 8.81. The number of fused-ring (bicyclic) bond motifs is 1. The van der Waals surface area contributed by atoms with Crippen molar-refractivity contribution in [2.45, 2.75) is 51.2 Å². The molecule has 2 heterocycles. The van der Waals surface area contributed by atoms with Gasteiger partial charge in [0.05, 0.1) is 22.9 Å². The van der Waals surface area contributed by atoms with E-state index in [1.807, 2.05) is 49.4 Å². The lowest BCUT2D eigenvalue weighted by atomic mass is 9.92. The molecule has 0 unspecified atom stereocenters. The maximum Gasteiger partial charge on any atom is 0.252 e. The molecule has 2 aromatic carbocycles. The molecule has 8 heteroatoms. The van der Waals surface area contributed by atoms with Gasteiger partial charge < -0.3 is 21.5 Å². The minimum Gasteiger partial charge on any atom is -0.393 e. The summed E-state index contributed by atoms with van der Waals surface area (Å²) in [7, 11) is 0. The van der Waals surface area contributed by atoms with Crippen LogP contribution >= 0.6 is 0 Å². The van der Waals surface area contributed by atoms with E-state index in [1.165, 1.54) is 0 Å². The first-order valence-corrected chi connectivity index (χ1v) is 13.4. The quantitative estimate of drug-likeness (QED) is 0.259. The summed E-state index contributed by atoms with van der Waals surface area (Å²) in [6, 6.07) is 15.5. The number of primary amides is 1. The Labute approximate surface area is 227 Å². The number of carbonyl (C=O) groups is 2. The average molecular weight is 524 g/mol. The van der Waals surface area contributed by atoms with Gasteiger partial charge in [-0.3, -0.25) is 19.6 Å². The van der Waals surface area contributed by atoms with Crippen molar-refractivity contribution in [3.63, 3.8) is 0 Å². The van der Waals surface area contributed by atoms with Crippen LogP contribution in [-0.4, -0.2) is 45.6 Å². The summed E-state index contributed by atoms with van der Waals surface area (Å²) >= 11 is 0. The first-order valence-electron chi connectivity index (χ1n) is 13.4.